The highest BCUT2D eigenvalue weighted by molar-refractivity contribution is 5.26. The second-order valence-electron chi connectivity index (χ2n) is 2.74. The van der Waals surface area contributed by atoms with Gasteiger partial charge in [0.15, 0.2) is 0 Å². The molecular formula is C10H15NO. The van der Waals surface area contributed by atoms with Crippen molar-refractivity contribution < 1.29 is 4.74 Å². The van der Waals surface area contributed by atoms with Crippen molar-refractivity contribution in [3.63, 3.8) is 0 Å². The molecule has 66 valence electrons. The molecule has 1 aromatic carbocycles. The second-order valence-corrected chi connectivity index (χ2v) is 2.74. The van der Waals surface area contributed by atoms with Crippen molar-refractivity contribution in [2.75, 3.05) is 13.7 Å². The predicted molar refractivity (Wildman–Crippen MR) is 49.9 cm³/mol. The first-order valence-corrected chi connectivity index (χ1v) is 4.14. The second kappa shape index (κ2) is 4.91. The first-order valence-electron chi connectivity index (χ1n) is 4.14. The minimum Gasteiger partial charge on any atom is -0.380 e. The molecule has 0 radical (unpaired) electrons. The molecule has 2 heteroatoms. The van der Waals surface area contributed by atoms with Gasteiger partial charge in [-0.1, -0.05) is 24.3 Å². The summed E-state index contributed by atoms with van der Waals surface area (Å²) in [4.78, 5) is 0. The van der Waals surface area contributed by atoms with Gasteiger partial charge in [-0.25, -0.2) is 0 Å². The van der Waals surface area contributed by atoms with Gasteiger partial charge in [0, 0.05) is 7.11 Å². The third kappa shape index (κ3) is 2.32. The van der Waals surface area contributed by atoms with E-state index in [0.717, 1.165) is 6.42 Å². The molecule has 0 atom stereocenters. The van der Waals surface area contributed by atoms with Crippen LogP contribution in [0.3, 0.4) is 0 Å². The van der Waals surface area contributed by atoms with Crippen LogP contribution in [0.25, 0.3) is 0 Å². The fraction of sp³-hybridized carbons (Fsp3) is 0.400. The van der Waals surface area contributed by atoms with Gasteiger partial charge in [-0.2, -0.15) is 0 Å². The molecule has 0 aromatic heterocycles. The van der Waals surface area contributed by atoms with Gasteiger partial charge < -0.3 is 10.5 Å². The van der Waals surface area contributed by atoms with Gasteiger partial charge >= 0.3 is 0 Å². The van der Waals surface area contributed by atoms with Crippen molar-refractivity contribution in [2.24, 2.45) is 5.73 Å². The van der Waals surface area contributed by atoms with Crippen molar-refractivity contribution in [2.45, 2.75) is 13.0 Å². The van der Waals surface area contributed by atoms with Gasteiger partial charge in [-0.3, -0.25) is 0 Å². The first kappa shape index (κ1) is 9.23. The minimum atomic E-state index is 0.677. The Bertz CT molecular complexity index is 210. The highest BCUT2D eigenvalue weighted by Crippen LogP contribution is 2.09. The minimum absolute atomic E-state index is 0.677. The van der Waals surface area contributed by atoms with Crippen LogP contribution < -0.4 is 5.73 Å². The largest absolute Gasteiger partial charge is 0.380 e. The highest BCUT2D eigenvalue weighted by atomic mass is 16.5. The molecule has 0 aliphatic heterocycles. The van der Waals surface area contributed by atoms with E-state index in [1.54, 1.807) is 7.11 Å². The van der Waals surface area contributed by atoms with Crippen LogP contribution in [-0.4, -0.2) is 13.7 Å². The maximum absolute atomic E-state index is 5.48. The van der Waals surface area contributed by atoms with Crippen molar-refractivity contribution in [1.29, 1.82) is 0 Å². The fourth-order valence-electron chi connectivity index (χ4n) is 1.25. The van der Waals surface area contributed by atoms with E-state index in [0.29, 0.717) is 13.2 Å². The smallest absolute Gasteiger partial charge is 0.0715 e. The molecule has 0 aliphatic rings. The SMILES string of the molecule is COCc1ccccc1CCN. The van der Waals surface area contributed by atoms with Crippen molar-refractivity contribution in [3.05, 3.63) is 35.4 Å². The van der Waals surface area contributed by atoms with Crippen molar-refractivity contribution >= 4 is 0 Å². The highest BCUT2D eigenvalue weighted by Gasteiger charge is 1.98. The van der Waals surface area contributed by atoms with Gasteiger partial charge in [0.25, 0.3) is 0 Å². The maximum atomic E-state index is 5.48. The Morgan fingerprint density at radius 2 is 1.92 bits per heavy atom. The lowest BCUT2D eigenvalue weighted by Crippen LogP contribution is -2.05. The Kier molecular flexibility index (Phi) is 3.77. The van der Waals surface area contributed by atoms with Crippen LogP contribution in [0.15, 0.2) is 24.3 Å². The van der Waals surface area contributed by atoms with E-state index < -0.39 is 0 Å². The molecule has 12 heavy (non-hydrogen) atoms. The average molecular weight is 165 g/mol. The standard InChI is InChI=1S/C10H15NO/c1-12-8-10-5-3-2-4-9(10)6-7-11/h2-5H,6-8,11H2,1H3. The van der Waals surface area contributed by atoms with E-state index in [1.165, 1.54) is 11.1 Å². The first-order chi connectivity index (χ1) is 5.88. The number of ether oxygens (including phenoxy) is 1. The number of methoxy groups -OCH3 is 1. The Morgan fingerprint density at radius 1 is 1.25 bits per heavy atom. The van der Waals surface area contributed by atoms with E-state index in [1.807, 2.05) is 12.1 Å². The van der Waals surface area contributed by atoms with Crippen LogP contribution in [0.1, 0.15) is 11.1 Å². The normalized spacial score (nSPS) is 10.2. The summed E-state index contributed by atoms with van der Waals surface area (Å²) in [5.74, 6) is 0. The van der Waals surface area contributed by atoms with Crippen LogP contribution in [0.4, 0.5) is 0 Å². The van der Waals surface area contributed by atoms with Crippen LogP contribution in [0, 0.1) is 0 Å². The fourth-order valence-corrected chi connectivity index (χ4v) is 1.25. The summed E-state index contributed by atoms with van der Waals surface area (Å²) >= 11 is 0. The monoisotopic (exact) mass is 165 g/mol. The molecule has 1 rings (SSSR count). The molecule has 0 fully saturated rings. The van der Waals surface area contributed by atoms with Crippen molar-refractivity contribution in [3.8, 4) is 0 Å². The zero-order valence-electron chi connectivity index (χ0n) is 7.42. The van der Waals surface area contributed by atoms with Crippen LogP contribution in [0.5, 0.6) is 0 Å². The predicted octanol–water partition coefficient (Wildman–Crippen LogP) is 1.33. The Morgan fingerprint density at radius 3 is 2.50 bits per heavy atom. The summed E-state index contributed by atoms with van der Waals surface area (Å²) in [6, 6.07) is 8.23. The van der Waals surface area contributed by atoms with E-state index >= 15 is 0 Å². The van der Waals surface area contributed by atoms with Gasteiger partial charge in [0.1, 0.15) is 0 Å². The van der Waals surface area contributed by atoms with Crippen LogP contribution in [-0.2, 0) is 17.8 Å². The van der Waals surface area contributed by atoms with E-state index in [4.69, 9.17) is 10.5 Å². The average Bonchev–Trinajstić information content (AvgIpc) is 2.09. The summed E-state index contributed by atoms with van der Waals surface area (Å²) in [7, 11) is 1.71. The van der Waals surface area contributed by atoms with Crippen molar-refractivity contribution in [1.82, 2.24) is 0 Å². The van der Waals surface area contributed by atoms with E-state index in [9.17, 15) is 0 Å². The molecule has 0 saturated carbocycles. The van der Waals surface area contributed by atoms with Crippen LogP contribution >= 0.6 is 0 Å². The molecule has 0 unspecified atom stereocenters. The molecule has 2 nitrogen and oxygen atoms in total. The zero-order valence-corrected chi connectivity index (χ0v) is 7.42. The maximum Gasteiger partial charge on any atom is 0.0715 e. The van der Waals surface area contributed by atoms with Crippen LogP contribution in [0.2, 0.25) is 0 Å². The van der Waals surface area contributed by atoms with Gasteiger partial charge in [0.2, 0.25) is 0 Å². The molecule has 0 saturated heterocycles. The number of hydrogen-bond acceptors (Lipinski definition) is 2. The number of nitrogens with two attached hydrogens (primary N) is 1. The Labute approximate surface area is 73.3 Å². The Balaban J connectivity index is 2.77. The topological polar surface area (TPSA) is 35.2 Å². The van der Waals surface area contributed by atoms with Gasteiger partial charge in [-0.05, 0) is 24.1 Å². The number of hydrogen-bond donors (Lipinski definition) is 1. The molecule has 1 aromatic rings. The third-order valence-electron chi connectivity index (χ3n) is 1.83. The van der Waals surface area contributed by atoms with Gasteiger partial charge in [0.05, 0.1) is 6.61 Å². The summed E-state index contributed by atoms with van der Waals surface area (Å²) in [6.45, 7) is 1.37. The molecule has 0 heterocycles. The summed E-state index contributed by atoms with van der Waals surface area (Å²) in [5, 5.41) is 0. The third-order valence-corrected chi connectivity index (χ3v) is 1.83. The quantitative estimate of drug-likeness (QED) is 0.730. The molecule has 2 N–H and O–H groups in total. The molecule has 0 amide bonds. The molecule has 0 aliphatic carbocycles. The summed E-state index contributed by atoms with van der Waals surface area (Å²) in [5.41, 5.74) is 8.02. The van der Waals surface area contributed by atoms with Gasteiger partial charge in [-0.15, -0.1) is 0 Å². The lowest BCUT2D eigenvalue weighted by atomic mass is 10.1. The number of benzene rings is 1. The zero-order chi connectivity index (χ0) is 8.81. The lowest BCUT2D eigenvalue weighted by molar-refractivity contribution is 0.184. The number of rotatable bonds is 4. The van der Waals surface area contributed by atoms with E-state index in [2.05, 4.69) is 12.1 Å². The molecule has 0 bridgehead atoms. The molecule has 0 spiro atoms. The van der Waals surface area contributed by atoms with E-state index in [-0.39, 0.29) is 0 Å². The Hall–Kier alpha value is -0.860. The molecular weight excluding hydrogens is 150 g/mol. The summed E-state index contributed by atoms with van der Waals surface area (Å²) in [6.07, 6.45) is 0.930. The lowest BCUT2D eigenvalue weighted by Gasteiger charge is -2.06. The summed E-state index contributed by atoms with van der Waals surface area (Å²) < 4.78 is 5.07.